The molecule has 0 aromatic heterocycles. The van der Waals surface area contributed by atoms with Gasteiger partial charge in [0.1, 0.15) is 24.4 Å². The van der Waals surface area contributed by atoms with Crippen LogP contribution in [-0.2, 0) is 9.47 Å². The summed E-state index contributed by atoms with van der Waals surface area (Å²) in [7, 11) is 0. The van der Waals surface area contributed by atoms with Gasteiger partial charge in [-0.1, -0.05) is 24.3 Å². The Hall–Kier alpha value is -3.22. The highest BCUT2D eigenvalue weighted by atomic mass is 16.5. The first-order chi connectivity index (χ1) is 13.5. The van der Waals surface area contributed by atoms with Gasteiger partial charge >= 0.3 is 0 Å². The molecule has 6 heteroatoms. The average Bonchev–Trinajstić information content (AvgIpc) is 3.48. The summed E-state index contributed by atoms with van der Waals surface area (Å²) < 4.78 is 11.3. The normalized spacial score (nSPS) is 28.0. The molecule has 0 unspecified atom stereocenters. The van der Waals surface area contributed by atoms with Crippen molar-refractivity contribution in [3.8, 4) is 0 Å². The second-order valence-corrected chi connectivity index (χ2v) is 7.64. The molecule has 3 aromatic rings. The van der Waals surface area contributed by atoms with Gasteiger partial charge in [0.05, 0.1) is 0 Å². The van der Waals surface area contributed by atoms with Crippen LogP contribution in [0.15, 0.2) is 55.6 Å². The molecule has 4 aliphatic heterocycles. The van der Waals surface area contributed by atoms with Gasteiger partial charge in [-0.15, -0.1) is 0 Å². The zero-order valence-electron chi connectivity index (χ0n) is 14.2. The van der Waals surface area contributed by atoms with E-state index in [2.05, 4.69) is 0 Å². The van der Waals surface area contributed by atoms with Gasteiger partial charge in [0.25, 0.3) is 0 Å². The molecule has 0 aliphatic carbocycles. The number of ether oxygens (including phenoxy) is 2. The van der Waals surface area contributed by atoms with Crippen molar-refractivity contribution in [1.29, 1.82) is 0 Å². The van der Waals surface area contributed by atoms with Gasteiger partial charge in [0, 0.05) is 43.8 Å². The Morgan fingerprint density at radius 2 is 0.714 bits per heavy atom. The van der Waals surface area contributed by atoms with Crippen molar-refractivity contribution in [1.82, 2.24) is 0 Å². The fourth-order valence-corrected chi connectivity index (χ4v) is 5.11. The van der Waals surface area contributed by atoms with E-state index in [0.717, 1.165) is 0 Å². The molecule has 4 heterocycles. The van der Waals surface area contributed by atoms with Gasteiger partial charge in [-0.3, -0.25) is 19.2 Å². The largest absolute Gasteiger partial charge is 0.357 e. The highest BCUT2D eigenvalue weighted by Gasteiger charge is 2.41. The first-order valence-electron chi connectivity index (χ1n) is 9.07. The van der Waals surface area contributed by atoms with Gasteiger partial charge in [-0.05, 0) is 12.1 Å². The minimum Gasteiger partial charge on any atom is -0.357 e. The number of fused-ring (bicyclic) bond motifs is 12. The molecule has 0 radical (unpaired) electrons. The maximum atomic E-state index is 13.1. The molecular formula is C22H10O6. The van der Waals surface area contributed by atoms with Gasteiger partial charge in [0.15, 0.2) is 21.7 Å². The number of benzene rings is 3. The van der Waals surface area contributed by atoms with Gasteiger partial charge in [-0.2, -0.15) is 0 Å². The van der Waals surface area contributed by atoms with Crippen LogP contribution in [0.3, 0.4) is 0 Å². The van der Waals surface area contributed by atoms with Crippen molar-refractivity contribution >= 4 is 21.5 Å². The van der Waals surface area contributed by atoms with E-state index in [1.165, 1.54) is 12.1 Å². The minimum absolute atomic E-state index is 0.164. The van der Waals surface area contributed by atoms with Crippen LogP contribution in [-0.4, -0.2) is 0 Å². The molecule has 4 bridgehead atoms. The fourth-order valence-electron chi connectivity index (χ4n) is 5.11. The lowest BCUT2D eigenvalue weighted by molar-refractivity contribution is 0.0872. The molecule has 0 N–H and O–H groups in total. The minimum atomic E-state index is -0.517. The van der Waals surface area contributed by atoms with Gasteiger partial charge < -0.3 is 9.47 Å². The smallest absolute Gasteiger partial charge is 0.193 e. The number of hydrogen-bond donors (Lipinski definition) is 0. The van der Waals surface area contributed by atoms with Crippen molar-refractivity contribution in [3.05, 3.63) is 99.6 Å². The molecule has 28 heavy (non-hydrogen) atoms. The molecule has 0 fully saturated rings. The monoisotopic (exact) mass is 370 g/mol. The number of hydrogen-bond acceptors (Lipinski definition) is 6. The molecule has 0 saturated heterocycles. The molecule has 7 rings (SSSR count). The van der Waals surface area contributed by atoms with E-state index in [9.17, 15) is 19.2 Å². The SMILES string of the molecule is O=c1c2c(c(=O)c3cc4c(=O)c5c(c(=O)c4cc13)[C@@H]1C=C[C@H]5O1)[C@H]1C=C[C@@H]2O1. The lowest BCUT2D eigenvalue weighted by Gasteiger charge is -2.10. The van der Waals surface area contributed by atoms with Crippen molar-refractivity contribution in [3.63, 3.8) is 0 Å². The highest BCUT2D eigenvalue weighted by molar-refractivity contribution is 5.99. The molecule has 3 aromatic carbocycles. The summed E-state index contributed by atoms with van der Waals surface area (Å²) in [6, 6.07) is 2.81. The molecule has 4 atom stereocenters. The first kappa shape index (κ1) is 14.8. The lowest BCUT2D eigenvalue weighted by Crippen LogP contribution is -2.25. The standard InChI is InChI=1S/C22H10O6/c23-19-7-5-9-10(22(26)18-14-4-3-13(28-14)17(18)21(9)25)6-8(7)20(24)16-12-2-1-11(27-12)15(16)19/h1-6,11-14H/t11-,12+,13-,14+. The van der Waals surface area contributed by atoms with Crippen LogP contribution in [0, 0.1) is 0 Å². The third-order valence-corrected chi connectivity index (χ3v) is 6.34. The Morgan fingerprint density at radius 3 is 0.964 bits per heavy atom. The third kappa shape index (κ3) is 1.43. The fraction of sp³-hybridized carbons (Fsp3) is 0.182. The van der Waals surface area contributed by atoms with Crippen LogP contribution >= 0.6 is 0 Å². The molecule has 0 spiro atoms. The summed E-state index contributed by atoms with van der Waals surface area (Å²) >= 11 is 0. The zero-order chi connectivity index (χ0) is 18.9. The van der Waals surface area contributed by atoms with E-state index in [1.54, 1.807) is 24.3 Å². The van der Waals surface area contributed by atoms with Crippen LogP contribution in [0.4, 0.5) is 0 Å². The maximum absolute atomic E-state index is 13.1. The van der Waals surface area contributed by atoms with Crippen molar-refractivity contribution in [2.24, 2.45) is 0 Å². The second-order valence-electron chi connectivity index (χ2n) is 7.64. The molecule has 6 nitrogen and oxygen atoms in total. The summed E-state index contributed by atoms with van der Waals surface area (Å²) in [4.78, 5) is 52.4. The highest BCUT2D eigenvalue weighted by Crippen LogP contribution is 2.44. The van der Waals surface area contributed by atoms with E-state index in [-0.39, 0.29) is 43.3 Å². The summed E-state index contributed by atoms with van der Waals surface area (Å²) in [5.74, 6) is 0. The third-order valence-electron chi connectivity index (χ3n) is 6.34. The van der Waals surface area contributed by atoms with E-state index >= 15 is 0 Å². The van der Waals surface area contributed by atoms with Gasteiger partial charge in [-0.25, -0.2) is 0 Å². The second kappa shape index (κ2) is 4.43. The lowest BCUT2D eigenvalue weighted by atomic mass is 9.88. The zero-order valence-corrected chi connectivity index (χ0v) is 14.2. The van der Waals surface area contributed by atoms with Crippen molar-refractivity contribution in [2.45, 2.75) is 24.4 Å². The van der Waals surface area contributed by atoms with Crippen LogP contribution < -0.4 is 21.7 Å². The van der Waals surface area contributed by atoms with E-state index < -0.39 is 24.4 Å². The molecular weight excluding hydrogens is 360 g/mol. The molecule has 0 saturated carbocycles. The Balaban J connectivity index is 1.69. The first-order valence-corrected chi connectivity index (χ1v) is 9.07. The Morgan fingerprint density at radius 1 is 0.464 bits per heavy atom. The molecule has 0 amide bonds. The quantitative estimate of drug-likeness (QED) is 0.442. The number of rotatable bonds is 0. The summed E-state index contributed by atoms with van der Waals surface area (Å²) in [6.07, 6.45) is 5.00. The van der Waals surface area contributed by atoms with Crippen LogP contribution in [0.2, 0.25) is 0 Å². The predicted molar refractivity (Wildman–Crippen MR) is 100 cm³/mol. The molecule has 4 aliphatic rings. The Labute approximate surface area is 155 Å². The van der Waals surface area contributed by atoms with Crippen LogP contribution in [0.1, 0.15) is 46.7 Å². The van der Waals surface area contributed by atoms with E-state index in [1.807, 2.05) is 0 Å². The predicted octanol–water partition coefficient (Wildman–Crippen LogP) is 1.67. The molecule has 134 valence electrons. The van der Waals surface area contributed by atoms with Crippen molar-refractivity contribution in [2.75, 3.05) is 0 Å². The average molecular weight is 370 g/mol. The maximum Gasteiger partial charge on any atom is 0.193 e. The summed E-state index contributed by atoms with van der Waals surface area (Å²) in [5, 5.41) is 0.655. The van der Waals surface area contributed by atoms with Crippen molar-refractivity contribution < 1.29 is 9.47 Å². The Kier molecular flexibility index (Phi) is 2.34. The topological polar surface area (TPSA) is 86.7 Å². The van der Waals surface area contributed by atoms with Crippen LogP contribution in [0.5, 0.6) is 0 Å². The Bertz CT molecular complexity index is 1340. The van der Waals surface area contributed by atoms with Gasteiger partial charge in [0.2, 0.25) is 0 Å². The summed E-state index contributed by atoms with van der Waals surface area (Å²) in [5.41, 5.74) is 0.163. The summed E-state index contributed by atoms with van der Waals surface area (Å²) in [6.45, 7) is 0. The van der Waals surface area contributed by atoms with Crippen LogP contribution in [0.25, 0.3) is 21.5 Å². The van der Waals surface area contributed by atoms with E-state index in [0.29, 0.717) is 22.3 Å². The van der Waals surface area contributed by atoms with E-state index in [4.69, 9.17) is 9.47 Å².